The molecule has 1 aromatic rings. The van der Waals surface area contributed by atoms with Crippen molar-refractivity contribution in [1.29, 1.82) is 0 Å². The summed E-state index contributed by atoms with van der Waals surface area (Å²) in [5.74, 6) is -4.67. The number of hydrogen-bond acceptors (Lipinski definition) is 2. The van der Waals surface area contributed by atoms with E-state index in [2.05, 4.69) is 0 Å². The van der Waals surface area contributed by atoms with Crippen molar-refractivity contribution in [1.82, 2.24) is 0 Å². The summed E-state index contributed by atoms with van der Waals surface area (Å²) in [6.45, 7) is 3.62. The Kier molecular flexibility index (Phi) is 4.67. The van der Waals surface area contributed by atoms with E-state index in [1.165, 1.54) is 0 Å². The quantitative estimate of drug-likeness (QED) is 0.854. The molecule has 1 aromatic carbocycles. The number of hydrogen-bond donors (Lipinski definition) is 1. The molecule has 1 rings (SSSR count). The van der Waals surface area contributed by atoms with Gasteiger partial charge in [-0.05, 0) is 25.5 Å². The van der Waals surface area contributed by atoms with Gasteiger partial charge in [-0.15, -0.1) is 11.8 Å². The highest BCUT2D eigenvalue weighted by Gasteiger charge is 2.44. The summed E-state index contributed by atoms with van der Waals surface area (Å²) >= 11 is 0.924. The molecule has 0 fully saturated rings. The van der Waals surface area contributed by atoms with Gasteiger partial charge in [0, 0.05) is 10.6 Å². The molecular weight excluding hydrogens is 265 g/mol. The molecule has 0 aromatic heterocycles. The van der Waals surface area contributed by atoms with Gasteiger partial charge in [-0.2, -0.15) is 13.2 Å². The summed E-state index contributed by atoms with van der Waals surface area (Å²) in [4.78, 5) is 11.3. The maximum absolute atomic E-state index is 12.5. The predicted octanol–water partition coefficient (Wildman–Crippen LogP) is 3.66. The maximum atomic E-state index is 12.5. The van der Waals surface area contributed by atoms with Crippen LogP contribution in [0.15, 0.2) is 23.1 Å². The lowest BCUT2D eigenvalue weighted by atomic mass is 10.2. The number of carboxylic acids is 1. The number of aryl methyl sites for hydroxylation is 2. The normalized spacial score (nSPS) is 13.4. The fourth-order valence-corrected chi connectivity index (χ4v) is 2.58. The van der Waals surface area contributed by atoms with Crippen molar-refractivity contribution in [3.05, 3.63) is 29.3 Å². The van der Waals surface area contributed by atoms with E-state index >= 15 is 0 Å². The zero-order chi connectivity index (χ0) is 13.9. The zero-order valence-corrected chi connectivity index (χ0v) is 10.7. The second-order valence-corrected chi connectivity index (χ2v) is 5.07. The Hall–Kier alpha value is -1.17. The summed E-state index contributed by atoms with van der Waals surface area (Å²) in [5, 5.41) is 8.58. The van der Waals surface area contributed by atoms with Gasteiger partial charge in [0.1, 0.15) is 0 Å². The lowest BCUT2D eigenvalue weighted by Crippen LogP contribution is -2.32. The molecule has 6 heteroatoms. The minimum Gasteiger partial charge on any atom is -0.481 e. The van der Waals surface area contributed by atoms with Gasteiger partial charge in [-0.25, -0.2) is 0 Å². The average molecular weight is 278 g/mol. The highest BCUT2D eigenvalue weighted by Crippen LogP contribution is 2.33. The first-order valence-corrected chi connectivity index (χ1v) is 6.20. The first-order chi connectivity index (χ1) is 8.21. The van der Waals surface area contributed by atoms with Crippen LogP contribution in [0.2, 0.25) is 0 Å². The fourth-order valence-electron chi connectivity index (χ4n) is 1.34. The lowest BCUT2D eigenvalue weighted by molar-refractivity contribution is -0.188. The Morgan fingerprint density at radius 2 is 2.00 bits per heavy atom. The van der Waals surface area contributed by atoms with Crippen LogP contribution in [-0.2, 0) is 4.79 Å². The molecule has 1 unspecified atom stereocenters. The predicted molar refractivity (Wildman–Crippen MR) is 63.8 cm³/mol. The molecule has 18 heavy (non-hydrogen) atoms. The van der Waals surface area contributed by atoms with Gasteiger partial charge in [0.25, 0.3) is 0 Å². The molecule has 2 nitrogen and oxygen atoms in total. The summed E-state index contributed by atoms with van der Waals surface area (Å²) in [6.07, 6.45) is -4.71. The molecular formula is C12H13F3O2S. The van der Waals surface area contributed by atoms with Crippen molar-refractivity contribution in [2.75, 3.05) is 5.75 Å². The van der Waals surface area contributed by atoms with Gasteiger partial charge >= 0.3 is 12.1 Å². The number of carboxylic acid groups (broad SMARTS) is 1. The van der Waals surface area contributed by atoms with Crippen LogP contribution in [0.5, 0.6) is 0 Å². The van der Waals surface area contributed by atoms with E-state index in [0.717, 1.165) is 22.9 Å². The topological polar surface area (TPSA) is 37.3 Å². The second kappa shape index (κ2) is 5.65. The van der Waals surface area contributed by atoms with Gasteiger partial charge in [0.2, 0.25) is 0 Å². The Morgan fingerprint density at radius 1 is 1.39 bits per heavy atom. The number of carbonyl (C=O) groups is 1. The summed E-state index contributed by atoms with van der Waals surface area (Å²) in [6, 6.07) is 5.42. The fraction of sp³-hybridized carbons (Fsp3) is 0.417. The molecule has 100 valence electrons. The van der Waals surface area contributed by atoms with Crippen molar-refractivity contribution in [2.45, 2.75) is 24.9 Å². The largest absolute Gasteiger partial charge is 0.481 e. The number of benzene rings is 1. The molecule has 0 aliphatic heterocycles. The Morgan fingerprint density at radius 3 is 2.50 bits per heavy atom. The molecule has 0 amide bonds. The molecule has 1 N–H and O–H groups in total. The van der Waals surface area contributed by atoms with Crippen LogP contribution >= 0.6 is 11.8 Å². The van der Waals surface area contributed by atoms with Crippen molar-refractivity contribution < 1.29 is 23.1 Å². The minimum absolute atomic E-state index is 0.511. The first-order valence-electron chi connectivity index (χ1n) is 5.21. The molecule has 0 aliphatic rings. The van der Waals surface area contributed by atoms with E-state index in [0.29, 0.717) is 4.90 Å². The van der Waals surface area contributed by atoms with Crippen LogP contribution in [0.1, 0.15) is 11.1 Å². The number of aliphatic carboxylic acids is 1. The van der Waals surface area contributed by atoms with Crippen LogP contribution in [0.25, 0.3) is 0 Å². The Balaban J connectivity index is 2.79. The summed E-state index contributed by atoms with van der Waals surface area (Å²) in [5.41, 5.74) is 1.78. The highest BCUT2D eigenvalue weighted by molar-refractivity contribution is 7.99. The van der Waals surface area contributed by atoms with E-state index in [9.17, 15) is 18.0 Å². The molecule has 0 aliphatic carbocycles. The number of thioether (sulfide) groups is 1. The summed E-state index contributed by atoms with van der Waals surface area (Å²) in [7, 11) is 0. The number of alkyl halides is 3. The minimum atomic E-state index is -4.71. The van der Waals surface area contributed by atoms with Crippen LogP contribution in [-0.4, -0.2) is 23.0 Å². The molecule has 0 saturated carbocycles. The average Bonchev–Trinajstić information content (AvgIpc) is 2.20. The Labute approximate surface area is 107 Å². The third-order valence-corrected chi connectivity index (χ3v) is 3.69. The van der Waals surface area contributed by atoms with Crippen molar-refractivity contribution in [3.8, 4) is 0 Å². The molecule has 1 atom stereocenters. The van der Waals surface area contributed by atoms with Crippen molar-refractivity contribution in [2.24, 2.45) is 5.92 Å². The standard InChI is InChI=1S/C12H13F3O2S/c1-7-3-4-8(2)10(5-7)18-6-9(11(16)17)12(13,14)15/h3-5,9H,6H2,1-2H3,(H,16,17). The van der Waals surface area contributed by atoms with Crippen molar-refractivity contribution >= 4 is 17.7 Å². The lowest BCUT2D eigenvalue weighted by Gasteiger charge is -2.16. The third kappa shape index (κ3) is 3.94. The number of halogens is 3. The van der Waals surface area contributed by atoms with Crippen LogP contribution in [0.4, 0.5) is 13.2 Å². The van der Waals surface area contributed by atoms with Gasteiger partial charge in [0.15, 0.2) is 5.92 Å². The molecule has 0 heterocycles. The van der Waals surface area contributed by atoms with E-state index in [4.69, 9.17) is 5.11 Å². The highest BCUT2D eigenvalue weighted by atomic mass is 32.2. The van der Waals surface area contributed by atoms with Crippen molar-refractivity contribution in [3.63, 3.8) is 0 Å². The van der Waals surface area contributed by atoms with Gasteiger partial charge in [-0.3, -0.25) is 4.79 Å². The molecule has 0 saturated heterocycles. The van der Waals surface area contributed by atoms with Gasteiger partial charge < -0.3 is 5.11 Å². The van der Waals surface area contributed by atoms with E-state index in [1.54, 1.807) is 19.1 Å². The Bertz CT molecular complexity index is 443. The molecule has 0 radical (unpaired) electrons. The maximum Gasteiger partial charge on any atom is 0.403 e. The van der Waals surface area contributed by atoms with E-state index in [1.807, 2.05) is 13.0 Å². The monoisotopic (exact) mass is 278 g/mol. The van der Waals surface area contributed by atoms with Crippen LogP contribution < -0.4 is 0 Å². The van der Waals surface area contributed by atoms with Gasteiger partial charge in [-0.1, -0.05) is 17.7 Å². The van der Waals surface area contributed by atoms with E-state index in [-0.39, 0.29) is 0 Å². The van der Waals surface area contributed by atoms with E-state index < -0.39 is 23.8 Å². The second-order valence-electron chi connectivity index (χ2n) is 4.01. The van der Waals surface area contributed by atoms with Crippen LogP contribution in [0, 0.1) is 19.8 Å². The third-order valence-electron chi connectivity index (χ3n) is 2.44. The number of rotatable bonds is 4. The SMILES string of the molecule is Cc1ccc(C)c(SCC(C(=O)O)C(F)(F)F)c1. The zero-order valence-electron chi connectivity index (χ0n) is 9.91. The van der Waals surface area contributed by atoms with Gasteiger partial charge in [0.05, 0.1) is 0 Å². The summed E-state index contributed by atoms with van der Waals surface area (Å²) < 4.78 is 37.4. The smallest absolute Gasteiger partial charge is 0.403 e. The molecule has 0 spiro atoms. The van der Waals surface area contributed by atoms with Crippen LogP contribution in [0.3, 0.4) is 0 Å². The first kappa shape index (κ1) is 14.9. The molecule has 0 bridgehead atoms.